The fraction of sp³-hybridized carbons (Fsp3) is 0.294. The van der Waals surface area contributed by atoms with Gasteiger partial charge in [0, 0.05) is 5.69 Å². The zero-order valence-corrected chi connectivity index (χ0v) is 14.7. The van der Waals surface area contributed by atoms with Crippen molar-refractivity contribution in [1.29, 1.82) is 0 Å². The van der Waals surface area contributed by atoms with Gasteiger partial charge in [0.05, 0.1) is 4.88 Å². The molecule has 1 amide bonds. The normalized spacial score (nSPS) is 11.0. The lowest BCUT2D eigenvalue weighted by Gasteiger charge is -2.16. The van der Waals surface area contributed by atoms with Gasteiger partial charge in [-0.25, -0.2) is 0 Å². The molecule has 0 aliphatic carbocycles. The minimum atomic E-state index is -0.165. The summed E-state index contributed by atoms with van der Waals surface area (Å²) in [5, 5.41) is 17.1. The van der Waals surface area contributed by atoms with E-state index in [0.717, 1.165) is 21.7 Å². The Morgan fingerprint density at radius 3 is 2.83 bits per heavy atom. The van der Waals surface area contributed by atoms with E-state index in [-0.39, 0.29) is 12.5 Å². The first-order chi connectivity index (χ1) is 11.5. The Bertz CT molecular complexity index is 839. The molecule has 1 N–H and O–H groups in total. The Labute approximate surface area is 144 Å². The van der Waals surface area contributed by atoms with Crippen molar-refractivity contribution in [3.63, 3.8) is 0 Å². The van der Waals surface area contributed by atoms with Crippen LogP contribution in [-0.4, -0.2) is 26.1 Å². The first-order valence-corrected chi connectivity index (χ1v) is 8.63. The van der Waals surface area contributed by atoms with Crippen LogP contribution < -0.4 is 5.32 Å². The minimum absolute atomic E-state index is 0.0320. The van der Waals surface area contributed by atoms with Crippen molar-refractivity contribution in [3.05, 3.63) is 46.8 Å². The van der Waals surface area contributed by atoms with E-state index < -0.39 is 0 Å². The summed E-state index contributed by atoms with van der Waals surface area (Å²) in [6.45, 7) is 6.24. The number of carbonyl (C=O) groups excluding carboxylic acids is 1. The Hall–Kier alpha value is -2.54. The topological polar surface area (TPSA) is 72.7 Å². The van der Waals surface area contributed by atoms with Gasteiger partial charge in [0.15, 0.2) is 0 Å². The van der Waals surface area contributed by atoms with Gasteiger partial charge in [0.25, 0.3) is 0 Å². The summed E-state index contributed by atoms with van der Waals surface area (Å²) in [7, 11) is 0. The van der Waals surface area contributed by atoms with Crippen LogP contribution in [0.1, 0.15) is 30.9 Å². The molecule has 2 aromatic heterocycles. The summed E-state index contributed by atoms with van der Waals surface area (Å²) < 4.78 is 0. The van der Waals surface area contributed by atoms with E-state index in [4.69, 9.17) is 0 Å². The highest BCUT2D eigenvalue weighted by atomic mass is 32.1. The molecule has 2 heterocycles. The second kappa shape index (κ2) is 6.92. The van der Waals surface area contributed by atoms with Crippen LogP contribution in [0.25, 0.3) is 10.7 Å². The van der Waals surface area contributed by atoms with Crippen LogP contribution in [-0.2, 0) is 11.3 Å². The summed E-state index contributed by atoms with van der Waals surface area (Å²) >= 11 is 1.54. The summed E-state index contributed by atoms with van der Waals surface area (Å²) in [6, 6.07) is 9.89. The molecule has 0 saturated heterocycles. The van der Waals surface area contributed by atoms with Crippen molar-refractivity contribution in [2.45, 2.75) is 33.2 Å². The molecule has 0 bridgehead atoms. The molecule has 0 atom stereocenters. The number of amides is 1. The molecule has 124 valence electrons. The van der Waals surface area contributed by atoms with Crippen molar-refractivity contribution in [1.82, 2.24) is 20.2 Å². The van der Waals surface area contributed by atoms with Crippen molar-refractivity contribution in [3.8, 4) is 10.7 Å². The molecule has 0 radical (unpaired) electrons. The first-order valence-electron chi connectivity index (χ1n) is 7.75. The van der Waals surface area contributed by atoms with Gasteiger partial charge in [0.2, 0.25) is 11.7 Å². The van der Waals surface area contributed by atoms with Gasteiger partial charge in [-0.15, -0.1) is 21.5 Å². The van der Waals surface area contributed by atoms with Gasteiger partial charge in [-0.2, -0.15) is 4.80 Å². The highest BCUT2D eigenvalue weighted by Gasteiger charge is 2.14. The third-order valence-electron chi connectivity index (χ3n) is 3.67. The fourth-order valence-electron chi connectivity index (χ4n) is 2.46. The third kappa shape index (κ3) is 3.51. The standard InChI is InChI=1S/C17H19N5OS/c1-11(2)13-7-4-6-12(3)16(13)18-15(23)10-22-20-17(19-21-22)14-8-5-9-24-14/h4-9,11H,10H2,1-3H3,(H,18,23). The number of hydrogen-bond donors (Lipinski definition) is 1. The quantitative estimate of drug-likeness (QED) is 0.771. The largest absolute Gasteiger partial charge is 0.324 e. The summed E-state index contributed by atoms with van der Waals surface area (Å²) in [5.74, 6) is 0.702. The Balaban J connectivity index is 1.73. The van der Waals surface area contributed by atoms with E-state index >= 15 is 0 Å². The highest BCUT2D eigenvalue weighted by molar-refractivity contribution is 7.13. The maximum atomic E-state index is 12.4. The smallest absolute Gasteiger partial charge is 0.248 e. The molecule has 3 aromatic rings. The van der Waals surface area contributed by atoms with E-state index in [0.29, 0.717) is 11.7 Å². The average Bonchev–Trinajstić information content (AvgIpc) is 3.19. The first kappa shape index (κ1) is 16.3. The van der Waals surface area contributed by atoms with Crippen LogP contribution in [0, 0.1) is 6.92 Å². The second-order valence-electron chi connectivity index (χ2n) is 5.86. The SMILES string of the molecule is Cc1cccc(C(C)C)c1NC(=O)Cn1nnc(-c2cccs2)n1. The van der Waals surface area contributed by atoms with Crippen molar-refractivity contribution in [2.75, 3.05) is 5.32 Å². The molecule has 1 aromatic carbocycles. The molecule has 24 heavy (non-hydrogen) atoms. The number of rotatable bonds is 5. The van der Waals surface area contributed by atoms with E-state index in [9.17, 15) is 4.79 Å². The molecule has 0 aliphatic rings. The number of nitrogens with one attached hydrogen (secondary N) is 1. The molecular weight excluding hydrogens is 322 g/mol. The van der Waals surface area contributed by atoms with Crippen LogP contribution >= 0.6 is 11.3 Å². The maximum absolute atomic E-state index is 12.4. The lowest BCUT2D eigenvalue weighted by molar-refractivity contribution is -0.117. The highest BCUT2D eigenvalue weighted by Crippen LogP contribution is 2.27. The molecule has 0 fully saturated rings. The van der Waals surface area contributed by atoms with Crippen molar-refractivity contribution >= 4 is 22.9 Å². The Kier molecular flexibility index (Phi) is 4.71. The van der Waals surface area contributed by atoms with Crippen LogP contribution in [0.5, 0.6) is 0 Å². The lowest BCUT2D eigenvalue weighted by atomic mass is 9.98. The number of nitrogens with zero attached hydrogens (tertiary/aromatic N) is 4. The minimum Gasteiger partial charge on any atom is -0.324 e. The Morgan fingerprint density at radius 2 is 2.12 bits per heavy atom. The Morgan fingerprint density at radius 1 is 1.29 bits per heavy atom. The van der Waals surface area contributed by atoms with E-state index in [1.54, 1.807) is 0 Å². The zero-order valence-electron chi connectivity index (χ0n) is 13.9. The summed E-state index contributed by atoms with van der Waals surface area (Å²) in [4.78, 5) is 14.6. The number of aromatic nitrogens is 4. The van der Waals surface area contributed by atoms with Crippen molar-refractivity contribution < 1.29 is 4.79 Å². The molecule has 0 saturated carbocycles. The third-order valence-corrected chi connectivity index (χ3v) is 4.54. The number of carbonyl (C=O) groups is 1. The summed E-state index contributed by atoms with van der Waals surface area (Å²) in [6.07, 6.45) is 0. The number of anilines is 1. The number of tetrazole rings is 1. The molecule has 0 spiro atoms. The second-order valence-corrected chi connectivity index (χ2v) is 6.81. The van der Waals surface area contributed by atoms with Crippen LogP contribution in [0.2, 0.25) is 0 Å². The predicted molar refractivity (Wildman–Crippen MR) is 95.0 cm³/mol. The van der Waals surface area contributed by atoms with Gasteiger partial charge in [-0.3, -0.25) is 4.79 Å². The van der Waals surface area contributed by atoms with Gasteiger partial charge in [-0.1, -0.05) is 38.1 Å². The van der Waals surface area contributed by atoms with Gasteiger partial charge >= 0.3 is 0 Å². The van der Waals surface area contributed by atoms with Crippen molar-refractivity contribution in [2.24, 2.45) is 0 Å². The van der Waals surface area contributed by atoms with Gasteiger partial charge in [-0.05, 0) is 40.6 Å². The fourth-order valence-corrected chi connectivity index (χ4v) is 3.11. The molecule has 3 rings (SSSR count). The predicted octanol–water partition coefficient (Wildman–Crippen LogP) is 3.47. The monoisotopic (exact) mass is 341 g/mol. The van der Waals surface area contributed by atoms with Gasteiger partial charge in [0.1, 0.15) is 6.54 Å². The number of hydrogen-bond acceptors (Lipinski definition) is 5. The molecule has 7 heteroatoms. The number of benzene rings is 1. The number of para-hydroxylation sites is 1. The van der Waals surface area contributed by atoms with E-state index in [1.807, 2.05) is 42.6 Å². The summed E-state index contributed by atoms with van der Waals surface area (Å²) in [5.41, 5.74) is 3.03. The number of aryl methyl sites for hydroxylation is 1. The molecule has 0 unspecified atom stereocenters. The van der Waals surface area contributed by atoms with Crippen LogP contribution in [0.15, 0.2) is 35.7 Å². The van der Waals surface area contributed by atoms with E-state index in [1.165, 1.54) is 16.1 Å². The average molecular weight is 341 g/mol. The molecule has 0 aliphatic heterocycles. The van der Waals surface area contributed by atoms with E-state index in [2.05, 4.69) is 34.6 Å². The maximum Gasteiger partial charge on any atom is 0.248 e. The van der Waals surface area contributed by atoms with Crippen LogP contribution in [0.3, 0.4) is 0 Å². The van der Waals surface area contributed by atoms with Crippen LogP contribution in [0.4, 0.5) is 5.69 Å². The lowest BCUT2D eigenvalue weighted by Crippen LogP contribution is -2.22. The molecular formula is C17H19N5OS. The number of thiophene rings is 1. The zero-order chi connectivity index (χ0) is 17.1. The molecule has 6 nitrogen and oxygen atoms in total. The van der Waals surface area contributed by atoms with Gasteiger partial charge < -0.3 is 5.32 Å².